The smallest absolute Gasteiger partial charge is 0.160 e. The molecule has 152 valence electrons. The van der Waals surface area contributed by atoms with Crippen molar-refractivity contribution in [3.8, 4) is 5.75 Å². The standard InChI is InChI=1S/C23H28N4OS/c1-16-15-27-22(21(25-23(27)29-16)19-8-4-5-11-24-19)18-10-9-17(14-20(18)28-2)26-12-6-3-7-13-26/h4-5,8-11,14,16,21-22H,3,6-7,12-13,15H2,1-2H3/t16-,21-,22+/m0/s1. The molecule has 0 saturated carbocycles. The maximum absolute atomic E-state index is 5.92. The van der Waals surface area contributed by atoms with Gasteiger partial charge in [-0.15, -0.1) is 0 Å². The lowest BCUT2D eigenvalue weighted by Crippen LogP contribution is -2.30. The minimum atomic E-state index is 0.000867. The summed E-state index contributed by atoms with van der Waals surface area (Å²) in [5.41, 5.74) is 3.50. The van der Waals surface area contributed by atoms with Gasteiger partial charge >= 0.3 is 0 Å². The van der Waals surface area contributed by atoms with Crippen LogP contribution in [0.15, 0.2) is 47.6 Å². The molecule has 0 spiro atoms. The van der Waals surface area contributed by atoms with Gasteiger partial charge in [-0.05, 0) is 37.5 Å². The first-order chi connectivity index (χ1) is 14.2. The molecule has 3 atom stereocenters. The average Bonchev–Trinajstić information content (AvgIpc) is 3.30. The van der Waals surface area contributed by atoms with Gasteiger partial charge in [0.25, 0.3) is 0 Å². The number of rotatable bonds is 4. The van der Waals surface area contributed by atoms with Gasteiger partial charge in [0, 0.05) is 48.4 Å². The summed E-state index contributed by atoms with van der Waals surface area (Å²) in [5, 5.41) is 1.69. The first kappa shape index (κ1) is 18.8. The number of fused-ring (bicyclic) bond motifs is 1. The van der Waals surface area contributed by atoms with Gasteiger partial charge in [0.1, 0.15) is 11.8 Å². The van der Waals surface area contributed by atoms with Crippen LogP contribution in [0.5, 0.6) is 5.75 Å². The van der Waals surface area contributed by atoms with Crippen LogP contribution in [0.3, 0.4) is 0 Å². The van der Waals surface area contributed by atoms with Crippen LogP contribution >= 0.6 is 11.8 Å². The van der Waals surface area contributed by atoms with Crippen LogP contribution in [-0.4, -0.2) is 47.0 Å². The number of hydrogen-bond donors (Lipinski definition) is 0. The van der Waals surface area contributed by atoms with Gasteiger partial charge in [-0.25, -0.2) is 0 Å². The number of aliphatic imine (C=N–C) groups is 1. The van der Waals surface area contributed by atoms with E-state index in [1.54, 1.807) is 7.11 Å². The highest BCUT2D eigenvalue weighted by Gasteiger charge is 2.44. The second kappa shape index (κ2) is 7.90. The van der Waals surface area contributed by atoms with Crippen molar-refractivity contribution in [2.24, 2.45) is 4.99 Å². The number of benzene rings is 1. The SMILES string of the molecule is COc1cc(N2CCCCC2)ccc1[C@@H]1[C@H](c2ccccn2)N=C2S[C@@H](C)CN21. The zero-order valence-electron chi connectivity index (χ0n) is 17.1. The Morgan fingerprint density at radius 3 is 2.72 bits per heavy atom. The second-order valence-electron chi connectivity index (χ2n) is 8.11. The number of amidine groups is 1. The van der Waals surface area contributed by atoms with Crippen molar-refractivity contribution >= 4 is 22.6 Å². The minimum Gasteiger partial charge on any atom is -0.496 e. The number of ether oxygens (including phenoxy) is 1. The predicted molar refractivity (Wildman–Crippen MR) is 120 cm³/mol. The molecule has 4 heterocycles. The van der Waals surface area contributed by atoms with Crippen molar-refractivity contribution in [3.05, 3.63) is 53.9 Å². The molecular weight excluding hydrogens is 380 g/mol. The molecule has 3 aliphatic heterocycles. The number of piperidine rings is 1. The third-order valence-electron chi connectivity index (χ3n) is 6.14. The van der Waals surface area contributed by atoms with E-state index in [-0.39, 0.29) is 12.1 Å². The Morgan fingerprint density at radius 1 is 1.10 bits per heavy atom. The summed E-state index contributed by atoms with van der Waals surface area (Å²) in [6, 6.07) is 13.0. The highest BCUT2D eigenvalue weighted by Crippen LogP contribution is 2.50. The summed E-state index contributed by atoms with van der Waals surface area (Å²) < 4.78 is 5.92. The van der Waals surface area contributed by atoms with Gasteiger partial charge in [-0.3, -0.25) is 9.98 Å². The third-order valence-corrected chi connectivity index (χ3v) is 7.24. The normalized spacial score (nSPS) is 26.4. The van der Waals surface area contributed by atoms with E-state index in [1.807, 2.05) is 24.0 Å². The third kappa shape index (κ3) is 3.48. The van der Waals surface area contributed by atoms with Gasteiger partial charge in [0.05, 0.1) is 18.8 Å². The number of methoxy groups -OCH3 is 1. The molecule has 0 bridgehead atoms. The number of hydrogen-bond acceptors (Lipinski definition) is 6. The van der Waals surface area contributed by atoms with Gasteiger partial charge in [-0.1, -0.05) is 30.8 Å². The number of thioether (sulfide) groups is 1. The molecule has 2 fully saturated rings. The highest BCUT2D eigenvalue weighted by atomic mass is 32.2. The molecular formula is C23H28N4OS. The van der Waals surface area contributed by atoms with Gasteiger partial charge in [-0.2, -0.15) is 0 Å². The lowest BCUT2D eigenvalue weighted by molar-refractivity contribution is 0.307. The van der Waals surface area contributed by atoms with Crippen molar-refractivity contribution in [1.29, 1.82) is 0 Å². The summed E-state index contributed by atoms with van der Waals surface area (Å²) in [6.07, 6.45) is 5.75. The molecule has 0 radical (unpaired) electrons. The number of pyridine rings is 1. The maximum atomic E-state index is 5.92. The van der Waals surface area contributed by atoms with Crippen molar-refractivity contribution in [3.63, 3.8) is 0 Å². The summed E-state index contributed by atoms with van der Waals surface area (Å²) >= 11 is 1.87. The number of aromatic nitrogens is 1. The van der Waals surface area contributed by atoms with E-state index in [9.17, 15) is 0 Å². The molecule has 0 amide bonds. The van der Waals surface area contributed by atoms with Crippen LogP contribution in [0.4, 0.5) is 5.69 Å². The molecule has 29 heavy (non-hydrogen) atoms. The Balaban J connectivity index is 1.53. The monoisotopic (exact) mass is 408 g/mol. The molecule has 2 aromatic rings. The van der Waals surface area contributed by atoms with E-state index in [0.29, 0.717) is 5.25 Å². The average molecular weight is 409 g/mol. The molecule has 3 aliphatic rings. The number of anilines is 1. The lowest BCUT2D eigenvalue weighted by Gasteiger charge is -2.31. The van der Waals surface area contributed by atoms with E-state index in [2.05, 4.69) is 52.0 Å². The topological polar surface area (TPSA) is 41.0 Å². The summed E-state index contributed by atoms with van der Waals surface area (Å²) in [6.45, 7) is 5.55. The van der Waals surface area contributed by atoms with Gasteiger partial charge in [0.2, 0.25) is 0 Å². The van der Waals surface area contributed by atoms with Crippen LogP contribution in [0.25, 0.3) is 0 Å². The zero-order chi connectivity index (χ0) is 19.8. The second-order valence-corrected chi connectivity index (χ2v) is 9.52. The Hall–Kier alpha value is -2.21. The van der Waals surface area contributed by atoms with Crippen LogP contribution < -0.4 is 9.64 Å². The maximum Gasteiger partial charge on any atom is 0.160 e. The molecule has 0 N–H and O–H groups in total. The zero-order valence-corrected chi connectivity index (χ0v) is 17.9. The van der Waals surface area contributed by atoms with Crippen molar-refractivity contribution in [2.45, 2.75) is 43.5 Å². The molecule has 5 rings (SSSR count). The van der Waals surface area contributed by atoms with E-state index >= 15 is 0 Å². The Labute approximate surface area is 177 Å². The molecule has 1 aromatic heterocycles. The molecule has 5 nitrogen and oxygen atoms in total. The van der Waals surface area contributed by atoms with E-state index in [0.717, 1.165) is 36.2 Å². The van der Waals surface area contributed by atoms with Crippen molar-refractivity contribution in [2.75, 3.05) is 31.6 Å². The van der Waals surface area contributed by atoms with Crippen molar-refractivity contribution in [1.82, 2.24) is 9.88 Å². The lowest BCUT2D eigenvalue weighted by atomic mass is 9.95. The first-order valence-corrected chi connectivity index (χ1v) is 11.5. The van der Waals surface area contributed by atoms with E-state index < -0.39 is 0 Å². The summed E-state index contributed by atoms with van der Waals surface area (Å²) in [7, 11) is 1.78. The Kier molecular flexibility index (Phi) is 5.12. The first-order valence-electron chi connectivity index (χ1n) is 10.6. The number of nitrogens with zero attached hydrogens (tertiary/aromatic N) is 4. The van der Waals surface area contributed by atoms with Crippen LogP contribution in [0, 0.1) is 0 Å². The summed E-state index contributed by atoms with van der Waals surface area (Å²) in [5.74, 6) is 0.958. The molecule has 0 aliphatic carbocycles. The fourth-order valence-electron chi connectivity index (χ4n) is 4.75. The quantitative estimate of drug-likeness (QED) is 0.735. The molecule has 0 unspecified atom stereocenters. The van der Waals surface area contributed by atoms with Crippen LogP contribution in [-0.2, 0) is 0 Å². The highest BCUT2D eigenvalue weighted by molar-refractivity contribution is 8.14. The fraction of sp³-hybridized carbons (Fsp3) is 0.478. The van der Waals surface area contributed by atoms with Crippen LogP contribution in [0.1, 0.15) is 49.5 Å². The fourth-order valence-corrected chi connectivity index (χ4v) is 5.84. The van der Waals surface area contributed by atoms with Gasteiger partial charge in [0.15, 0.2) is 5.17 Å². The van der Waals surface area contributed by atoms with E-state index in [1.165, 1.54) is 30.5 Å². The minimum absolute atomic E-state index is 0.000867. The van der Waals surface area contributed by atoms with Gasteiger partial charge < -0.3 is 14.5 Å². The Bertz CT molecular complexity index is 897. The molecule has 6 heteroatoms. The summed E-state index contributed by atoms with van der Waals surface area (Å²) in [4.78, 5) is 14.7. The molecule has 2 saturated heterocycles. The molecule has 1 aromatic carbocycles. The van der Waals surface area contributed by atoms with Crippen LogP contribution in [0.2, 0.25) is 0 Å². The van der Waals surface area contributed by atoms with E-state index in [4.69, 9.17) is 9.73 Å². The Morgan fingerprint density at radius 2 is 1.97 bits per heavy atom. The largest absolute Gasteiger partial charge is 0.496 e. The van der Waals surface area contributed by atoms with Crippen molar-refractivity contribution < 1.29 is 4.74 Å². The predicted octanol–water partition coefficient (Wildman–Crippen LogP) is 4.67.